The Hall–Kier alpha value is -1.07. The van der Waals surface area contributed by atoms with Crippen molar-refractivity contribution < 1.29 is 9.53 Å². The zero-order valence-corrected chi connectivity index (χ0v) is 14.4. The van der Waals surface area contributed by atoms with Crippen LogP contribution in [-0.2, 0) is 4.74 Å². The minimum Gasteiger partial charge on any atom is -0.444 e. The molecule has 2 rings (SSSR count). The zero-order chi connectivity index (χ0) is 15.5. The molecule has 1 heterocycles. The van der Waals surface area contributed by atoms with E-state index in [9.17, 15) is 4.79 Å². The van der Waals surface area contributed by atoms with E-state index in [-0.39, 0.29) is 12.1 Å². The molecule has 1 aromatic rings. The van der Waals surface area contributed by atoms with Crippen LogP contribution in [-0.4, -0.2) is 36.2 Å². The van der Waals surface area contributed by atoms with E-state index in [0.29, 0.717) is 0 Å². The lowest BCUT2D eigenvalue weighted by Gasteiger charge is -2.34. The number of hydrogen-bond donors (Lipinski definition) is 1. The van der Waals surface area contributed by atoms with Crippen molar-refractivity contribution in [3.05, 3.63) is 34.3 Å². The van der Waals surface area contributed by atoms with Gasteiger partial charge in [0.25, 0.3) is 0 Å². The predicted molar refractivity (Wildman–Crippen MR) is 87.3 cm³/mol. The van der Waals surface area contributed by atoms with Crippen LogP contribution in [0.4, 0.5) is 4.79 Å². The van der Waals surface area contributed by atoms with Crippen LogP contribution in [0.3, 0.4) is 0 Å². The molecule has 1 amide bonds. The Morgan fingerprint density at radius 2 is 2.14 bits per heavy atom. The number of ether oxygens (including phenoxy) is 1. The Labute approximate surface area is 135 Å². The monoisotopic (exact) mass is 354 g/mol. The molecule has 1 aromatic carbocycles. The normalized spacial score (nSPS) is 17.0. The molecule has 1 saturated heterocycles. The summed E-state index contributed by atoms with van der Waals surface area (Å²) in [5.74, 6) is 0. The molecule has 0 aromatic heterocycles. The lowest BCUT2D eigenvalue weighted by molar-refractivity contribution is 0.0479. The molecular weight excluding hydrogens is 332 g/mol. The summed E-state index contributed by atoms with van der Waals surface area (Å²) in [5, 5.41) is 2.99. The van der Waals surface area contributed by atoms with E-state index >= 15 is 0 Å². The fraction of sp³-hybridized carbons (Fsp3) is 0.562. The van der Waals surface area contributed by atoms with Gasteiger partial charge in [0.2, 0.25) is 0 Å². The number of carbonyl (C=O) groups excluding carboxylic acids is 1. The van der Waals surface area contributed by atoms with Crippen LogP contribution >= 0.6 is 15.9 Å². The molecule has 5 heteroatoms. The Balaban J connectivity index is 2.06. The topological polar surface area (TPSA) is 41.6 Å². The molecule has 0 radical (unpaired) electrons. The lowest BCUT2D eigenvalue weighted by Crippen LogP contribution is -2.45. The van der Waals surface area contributed by atoms with E-state index in [4.69, 9.17) is 4.74 Å². The smallest absolute Gasteiger partial charge is 0.408 e. The minimum absolute atomic E-state index is 0.0577. The SMILES string of the molecule is CC(C)(C)OC(=O)N[C@H](CN1CCC1)c1cccc(Br)c1. The number of rotatable bonds is 4. The second-order valence-electron chi connectivity index (χ2n) is 6.41. The van der Waals surface area contributed by atoms with Crippen LogP contribution in [0.25, 0.3) is 0 Å². The average molecular weight is 355 g/mol. The summed E-state index contributed by atoms with van der Waals surface area (Å²) in [6, 6.07) is 7.99. The number of nitrogens with one attached hydrogen (secondary N) is 1. The van der Waals surface area contributed by atoms with Gasteiger partial charge in [-0.1, -0.05) is 28.1 Å². The van der Waals surface area contributed by atoms with Gasteiger partial charge in [-0.2, -0.15) is 0 Å². The molecule has 21 heavy (non-hydrogen) atoms. The molecule has 0 bridgehead atoms. The molecule has 0 aliphatic carbocycles. The van der Waals surface area contributed by atoms with Gasteiger partial charge in [-0.25, -0.2) is 4.79 Å². The third-order valence-electron chi connectivity index (χ3n) is 3.33. The highest BCUT2D eigenvalue weighted by Gasteiger charge is 2.24. The van der Waals surface area contributed by atoms with Gasteiger partial charge in [0.1, 0.15) is 5.60 Å². The summed E-state index contributed by atoms with van der Waals surface area (Å²) in [5.41, 5.74) is 0.602. The lowest BCUT2D eigenvalue weighted by atomic mass is 10.0. The molecule has 0 saturated carbocycles. The highest BCUT2D eigenvalue weighted by Crippen LogP contribution is 2.22. The summed E-state index contributed by atoms with van der Waals surface area (Å²) in [4.78, 5) is 14.4. The maximum Gasteiger partial charge on any atom is 0.408 e. The molecule has 1 fully saturated rings. The first-order valence-corrected chi connectivity index (χ1v) is 8.10. The molecule has 1 atom stereocenters. The fourth-order valence-corrected chi connectivity index (χ4v) is 2.65. The Bertz CT molecular complexity index is 495. The molecule has 1 N–H and O–H groups in total. The third-order valence-corrected chi connectivity index (χ3v) is 3.82. The number of halogens is 1. The second-order valence-corrected chi connectivity index (χ2v) is 7.32. The van der Waals surface area contributed by atoms with E-state index in [2.05, 4.69) is 26.1 Å². The number of carbonyl (C=O) groups is 1. The van der Waals surface area contributed by atoms with E-state index in [1.165, 1.54) is 6.42 Å². The largest absolute Gasteiger partial charge is 0.444 e. The van der Waals surface area contributed by atoms with Crippen LogP contribution in [0.1, 0.15) is 38.8 Å². The number of likely N-dealkylation sites (tertiary alicyclic amines) is 1. The fourth-order valence-electron chi connectivity index (χ4n) is 2.23. The summed E-state index contributed by atoms with van der Waals surface area (Å²) in [6.07, 6.45) is 0.866. The summed E-state index contributed by atoms with van der Waals surface area (Å²) in [6.45, 7) is 8.62. The Kier molecular flexibility index (Phi) is 5.27. The average Bonchev–Trinajstić information content (AvgIpc) is 2.29. The first-order chi connectivity index (χ1) is 9.83. The Morgan fingerprint density at radius 1 is 1.43 bits per heavy atom. The van der Waals surface area contributed by atoms with Crippen molar-refractivity contribution in [1.82, 2.24) is 10.2 Å². The molecule has 0 spiro atoms. The number of hydrogen-bond acceptors (Lipinski definition) is 3. The first-order valence-electron chi connectivity index (χ1n) is 7.31. The number of nitrogens with zero attached hydrogens (tertiary/aromatic N) is 1. The molecule has 1 aliphatic heterocycles. The quantitative estimate of drug-likeness (QED) is 0.895. The summed E-state index contributed by atoms with van der Waals surface area (Å²) < 4.78 is 6.39. The van der Waals surface area contributed by atoms with Gasteiger partial charge in [-0.15, -0.1) is 0 Å². The van der Waals surface area contributed by atoms with Gasteiger partial charge in [-0.3, -0.25) is 0 Å². The van der Waals surface area contributed by atoms with Crippen molar-refractivity contribution in [1.29, 1.82) is 0 Å². The van der Waals surface area contributed by atoms with Crippen molar-refractivity contribution in [3.8, 4) is 0 Å². The predicted octanol–water partition coefficient (Wildman–Crippen LogP) is 3.72. The first kappa shape index (κ1) is 16.3. The van der Waals surface area contributed by atoms with Crippen molar-refractivity contribution in [2.75, 3.05) is 19.6 Å². The van der Waals surface area contributed by atoms with Gasteiger partial charge in [0.05, 0.1) is 6.04 Å². The van der Waals surface area contributed by atoms with Crippen LogP contribution < -0.4 is 5.32 Å². The molecule has 4 nitrogen and oxygen atoms in total. The highest BCUT2D eigenvalue weighted by molar-refractivity contribution is 9.10. The van der Waals surface area contributed by atoms with Crippen molar-refractivity contribution in [2.45, 2.75) is 38.8 Å². The van der Waals surface area contributed by atoms with Crippen molar-refractivity contribution in [2.24, 2.45) is 0 Å². The number of alkyl carbamates (subject to hydrolysis) is 1. The van der Waals surface area contributed by atoms with Crippen molar-refractivity contribution >= 4 is 22.0 Å². The maximum atomic E-state index is 12.1. The molecular formula is C16H23BrN2O2. The van der Waals surface area contributed by atoms with Gasteiger partial charge in [0, 0.05) is 11.0 Å². The number of amides is 1. The minimum atomic E-state index is -0.483. The third kappa shape index (κ3) is 5.32. The van der Waals surface area contributed by atoms with Gasteiger partial charge in [-0.05, 0) is 58.0 Å². The van der Waals surface area contributed by atoms with E-state index in [1.54, 1.807) is 0 Å². The van der Waals surface area contributed by atoms with E-state index < -0.39 is 5.60 Å². The van der Waals surface area contributed by atoms with E-state index in [0.717, 1.165) is 29.7 Å². The van der Waals surface area contributed by atoms with Crippen LogP contribution in [0.2, 0.25) is 0 Å². The highest BCUT2D eigenvalue weighted by atomic mass is 79.9. The van der Waals surface area contributed by atoms with Crippen molar-refractivity contribution in [3.63, 3.8) is 0 Å². The molecule has 116 valence electrons. The summed E-state index contributed by atoms with van der Waals surface area (Å²) >= 11 is 3.49. The van der Waals surface area contributed by atoms with E-state index in [1.807, 2.05) is 45.0 Å². The van der Waals surface area contributed by atoms with Gasteiger partial charge < -0.3 is 15.0 Å². The Morgan fingerprint density at radius 3 is 2.67 bits per heavy atom. The van der Waals surface area contributed by atoms with Crippen LogP contribution in [0.15, 0.2) is 28.7 Å². The standard InChI is InChI=1S/C16H23BrN2O2/c1-16(2,3)21-15(20)18-14(11-19-8-5-9-19)12-6-4-7-13(17)10-12/h4,6-7,10,14H,5,8-9,11H2,1-3H3,(H,18,20)/t14-/m1/s1. The van der Waals surface area contributed by atoms with Gasteiger partial charge in [0.15, 0.2) is 0 Å². The second kappa shape index (κ2) is 6.79. The zero-order valence-electron chi connectivity index (χ0n) is 12.9. The number of benzene rings is 1. The molecule has 1 aliphatic rings. The summed E-state index contributed by atoms with van der Waals surface area (Å²) in [7, 11) is 0. The maximum absolute atomic E-state index is 12.1. The van der Waals surface area contributed by atoms with Crippen LogP contribution in [0.5, 0.6) is 0 Å². The van der Waals surface area contributed by atoms with Crippen LogP contribution in [0, 0.1) is 0 Å². The molecule has 0 unspecified atom stereocenters. The van der Waals surface area contributed by atoms with Gasteiger partial charge >= 0.3 is 6.09 Å².